The molecule has 3 aromatic heterocycles. The maximum atomic E-state index is 12.4. The van der Waals surface area contributed by atoms with Crippen LogP contribution < -0.4 is 10.2 Å². The van der Waals surface area contributed by atoms with Gasteiger partial charge in [-0.05, 0) is 31.4 Å². The van der Waals surface area contributed by atoms with Crippen LogP contribution in [0, 0.1) is 0 Å². The summed E-state index contributed by atoms with van der Waals surface area (Å²) in [5.74, 6) is 1.29. The van der Waals surface area contributed by atoms with Crippen molar-refractivity contribution in [3.63, 3.8) is 0 Å². The lowest BCUT2D eigenvalue weighted by Gasteiger charge is -2.21. The fourth-order valence-corrected chi connectivity index (χ4v) is 3.31. The second-order valence-corrected chi connectivity index (χ2v) is 6.67. The van der Waals surface area contributed by atoms with Gasteiger partial charge in [-0.1, -0.05) is 6.07 Å². The van der Waals surface area contributed by atoms with Gasteiger partial charge in [-0.25, -0.2) is 9.97 Å². The number of aryl methyl sites for hydroxylation is 2. The van der Waals surface area contributed by atoms with Crippen molar-refractivity contribution in [2.45, 2.75) is 19.3 Å². The Morgan fingerprint density at radius 1 is 1.30 bits per heavy atom. The molecule has 8 nitrogen and oxygen atoms in total. The lowest BCUT2D eigenvalue weighted by Crippen LogP contribution is -2.31. The topological polar surface area (TPSA) is 88.8 Å². The third kappa shape index (κ3) is 3.64. The molecule has 1 aliphatic rings. The molecule has 3 aromatic rings. The molecular weight excluding hydrogens is 342 g/mol. The van der Waals surface area contributed by atoms with Crippen molar-refractivity contribution in [2.24, 2.45) is 7.05 Å². The highest BCUT2D eigenvalue weighted by Crippen LogP contribution is 2.30. The van der Waals surface area contributed by atoms with E-state index in [9.17, 15) is 4.79 Å². The highest BCUT2D eigenvalue weighted by atomic mass is 16.2. The molecule has 1 amide bonds. The first-order valence-corrected chi connectivity index (χ1v) is 8.91. The minimum Gasteiger partial charge on any atom is -0.350 e. The largest absolute Gasteiger partial charge is 0.350 e. The number of nitrogens with zero attached hydrogens (tertiary/aromatic N) is 6. The van der Waals surface area contributed by atoms with Gasteiger partial charge in [0.2, 0.25) is 5.91 Å². The van der Waals surface area contributed by atoms with Crippen LogP contribution in [0.25, 0.3) is 11.5 Å². The third-order valence-electron chi connectivity index (χ3n) is 4.54. The van der Waals surface area contributed by atoms with E-state index in [0.717, 1.165) is 42.0 Å². The lowest BCUT2D eigenvalue weighted by atomic mass is 10.2. The number of fused-ring (bicyclic) bond motifs is 1. The average Bonchev–Trinajstić information content (AvgIpc) is 3.30. The summed E-state index contributed by atoms with van der Waals surface area (Å²) >= 11 is 0. The summed E-state index contributed by atoms with van der Waals surface area (Å²) in [4.78, 5) is 28.1. The number of hydrogen-bond acceptors (Lipinski definition) is 6. The van der Waals surface area contributed by atoms with Crippen LogP contribution in [0.15, 0.2) is 36.8 Å². The van der Waals surface area contributed by atoms with Gasteiger partial charge in [0.15, 0.2) is 5.82 Å². The Labute approximate surface area is 157 Å². The van der Waals surface area contributed by atoms with Gasteiger partial charge in [-0.3, -0.25) is 14.5 Å². The van der Waals surface area contributed by atoms with E-state index in [-0.39, 0.29) is 12.5 Å². The Balaban J connectivity index is 1.58. The molecule has 0 saturated heterocycles. The molecule has 0 saturated carbocycles. The van der Waals surface area contributed by atoms with Crippen molar-refractivity contribution >= 4 is 17.4 Å². The van der Waals surface area contributed by atoms with Crippen LogP contribution in [0.5, 0.6) is 0 Å². The molecule has 0 spiro atoms. The summed E-state index contributed by atoms with van der Waals surface area (Å²) in [6.45, 7) is 0.194. The molecule has 27 heavy (non-hydrogen) atoms. The van der Waals surface area contributed by atoms with E-state index in [0.29, 0.717) is 11.5 Å². The zero-order chi connectivity index (χ0) is 18.8. The highest BCUT2D eigenvalue weighted by molar-refractivity contribution is 5.93. The minimum absolute atomic E-state index is 0.116. The summed E-state index contributed by atoms with van der Waals surface area (Å²) in [6.07, 6.45) is 8.04. The number of amides is 1. The Bertz CT molecular complexity index is 967. The predicted octanol–water partition coefficient (Wildman–Crippen LogP) is 1.84. The molecule has 0 atom stereocenters. The van der Waals surface area contributed by atoms with Gasteiger partial charge in [0.1, 0.15) is 11.5 Å². The van der Waals surface area contributed by atoms with E-state index < -0.39 is 0 Å². The van der Waals surface area contributed by atoms with Crippen molar-refractivity contribution in [3.05, 3.63) is 48.0 Å². The van der Waals surface area contributed by atoms with Crippen molar-refractivity contribution in [2.75, 3.05) is 23.8 Å². The van der Waals surface area contributed by atoms with Crippen LogP contribution in [0.1, 0.15) is 17.7 Å². The highest BCUT2D eigenvalue weighted by Gasteiger charge is 2.23. The molecule has 0 unspecified atom stereocenters. The summed E-state index contributed by atoms with van der Waals surface area (Å²) in [7, 11) is 3.69. The smallest absolute Gasteiger partial charge is 0.244 e. The van der Waals surface area contributed by atoms with Gasteiger partial charge < -0.3 is 10.2 Å². The number of carbonyl (C=O) groups excluding carboxylic acids is 1. The van der Waals surface area contributed by atoms with Gasteiger partial charge in [0, 0.05) is 37.7 Å². The van der Waals surface area contributed by atoms with E-state index in [2.05, 4.69) is 15.4 Å². The first-order chi connectivity index (χ1) is 13.1. The molecule has 138 valence electrons. The number of hydrogen-bond donors (Lipinski definition) is 1. The third-order valence-corrected chi connectivity index (χ3v) is 4.54. The summed E-state index contributed by atoms with van der Waals surface area (Å²) in [5, 5.41) is 6.92. The first-order valence-electron chi connectivity index (χ1n) is 8.91. The number of carbonyl (C=O) groups is 1. The predicted molar refractivity (Wildman–Crippen MR) is 102 cm³/mol. The molecular formula is C19H21N7O. The van der Waals surface area contributed by atoms with Crippen LogP contribution in [-0.2, 0) is 24.7 Å². The maximum absolute atomic E-state index is 12.4. The molecule has 0 fully saturated rings. The minimum atomic E-state index is -0.116. The van der Waals surface area contributed by atoms with E-state index in [4.69, 9.17) is 9.97 Å². The molecule has 8 heteroatoms. The lowest BCUT2D eigenvalue weighted by molar-refractivity contribution is -0.114. The van der Waals surface area contributed by atoms with Crippen LogP contribution in [0.3, 0.4) is 0 Å². The van der Waals surface area contributed by atoms with Crippen molar-refractivity contribution in [1.82, 2.24) is 24.7 Å². The van der Waals surface area contributed by atoms with E-state index in [1.54, 1.807) is 23.3 Å². The van der Waals surface area contributed by atoms with Crippen LogP contribution >= 0.6 is 0 Å². The Kier molecular flexibility index (Phi) is 4.53. The van der Waals surface area contributed by atoms with Gasteiger partial charge >= 0.3 is 0 Å². The number of nitrogens with one attached hydrogen (secondary N) is 1. The molecule has 1 aliphatic carbocycles. The van der Waals surface area contributed by atoms with Crippen molar-refractivity contribution in [3.8, 4) is 11.5 Å². The molecule has 0 aliphatic heterocycles. The first kappa shape index (κ1) is 17.1. The molecule has 0 radical (unpaired) electrons. The fourth-order valence-electron chi connectivity index (χ4n) is 3.31. The second kappa shape index (κ2) is 7.14. The standard InChI is InChI=1S/C19H21N7O/c1-25(12-17(27)22-13-10-21-26(2)11-13)19-14-6-5-8-15(14)23-18(24-19)16-7-3-4-9-20-16/h3-4,7,9-11H,5-6,8,12H2,1-2H3,(H,22,27). The second-order valence-electron chi connectivity index (χ2n) is 6.67. The number of likely N-dealkylation sites (N-methyl/N-ethyl adjacent to an activating group) is 1. The van der Waals surface area contributed by atoms with E-state index >= 15 is 0 Å². The summed E-state index contributed by atoms with van der Waals surface area (Å²) in [5.41, 5.74) is 3.60. The van der Waals surface area contributed by atoms with Gasteiger partial charge in [-0.2, -0.15) is 5.10 Å². The maximum Gasteiger partial charge on any atom is 0.244 e. The van der Waals surface area contributed by atoms with Crippen LogP contribution in [-0.4, -0.2) is 44.2 Å². The Morgan fingerprint density at radius 2 is 2.19 bits per heavy atom. The molecule has 3 heterocycles. The summed E-state index contributed by atoms with van der Waals surface area (Å²) < 4.78 is 1.65. The number of aromatic nitrogens is 5. The number of pyridine rings is 1. The van der Waals surface area contributed by atoms with Crippen LogP contribution in [0.2, 0.25) is 0 Å². The zero-order valence-electron chi connectivity index (χ0n) is 15.4. The Hall–Kier alpha value is -3.29. The fraction of sp³-hybridized carbons (Fsp3) is 0.316. The molecule has 0 aromatic carbocycles. The quantitative estimate of drug-likeness (QED) is 0.744. The van der Waals surface area contributed by atoms with Crippen LogP contribution in [0.4, 0.5) is 11.5 Å². The zero-order valence-corrected chi connectivity index (χ0v) is 15.4. The Morgan fingerprint density at radius 3 is 2.93 bits per heavy atom. The molecule has 0 bridgehead atoms. The number of rotatable bonds is 5. The van der Waals surface area contributed by atoms with Gasteiger partial charge in [-0.15, -0.1) is 0 Å². The monoisotopic (exact) mass is 363 g/mol. The van der Waals surface area contributed by atoms with E-state index in [1.165, 1.54) is 0 Å². The van der Waals surface area contributed by atoms with Crippen molar-refractivity contribution in [1.29, 1.82) is 0 Å². The van der Waals surface area contributed by atoms with Gasteiger partial charge in [0.05, 0.1) is 18.4 Å². The normalized spacial score (nSPS) is 12.7. The summed E-state index contributed by atoms with van der Waals surface area (Å²) in [6, 6.07) is 5.69. The number of anilines is 2. The van der Waals surface area contributed by atoms with E-state index in [1.807, 2.05) is 37.2 Å². The average molecular weight is 363 g/mol. The molecule has 1 N–H and O–H groups in total. The SMILES string of the molecule is CN(CC(=O)Nc1cnn(C)c1)c1nc(-c2ccccn2)nc2c1CCC2. The van der Waals surface area contributed by atoms with Crippen molar-refractivity contribution < 1.29 is 4.79 Å². The van der Waals surface area contributed by atoms with Gasteiger partial charge in [0.25, 0.3) is 0 Å². The molecule has 4 rings (SSSR count).